The van der Waals surface area contributed by atoms with Crippen molar-refractivity contribution in [3.05, 3.63) is 47.0 Å². The maximum Gasteiger partial charge on any atom is 0.138 e. The Kier molecular flexibility index (Phi) is 2.56. The molecule has 1 aromatic heterocycles. The molecule has 1 heterocycles. The highest BCUT2D eigenvalue weighted by molar-refractivity contribution is 5.83. The predicted molar refractivity (Wildman–Crippen MR) is 80.2 cm³/mol. The topological polar surface area (TPSA) is 54.7 Å². The van der Waals surface area contributed by atoms with Crippen molar-refractivity contribution >= 4 is 16.7 Å². The van der Waals surface area contributed by atoms with Crippen molar-refractivity contribution in [1.82, 2.24) is 9.97 Å². The highest BCUT2D eigenvalue weighted by Crippen LogP contribution is 2.25. The molecule has 0 aliphatic carbocycles. The SMILES string of the molecule is Cc1cc(C)c2nc(-c3ccc(N)c(C)c3)[nH]c2c1. The molecule has 0 bridgehead atoms. The second-order valence-electron chi connectivity index (χ2n) is 5.13. The van der Waals surface area contributed by atoms with Gasteiger partial charge in [-0.1, -0.05) is 6.07 Å². The minimum absolute atomic E-state index is 0.812. The van der Waals surface area contributed by atoms with Crippen molar-refractivity contribution in [2.24, 2.45) is 0 Å². The minimum atomic E-state index is 0.812. The molecular formula is C16H17N3. The molecule has 0 atom stereocenters. The molecule has 0 fully saturated rings. The van der Waals surface area contributed by atoms with Gasteiger partial charge in [-0.25, -0.2) is 4.98 Å². The molecule has 96 valence electrons. The zero-order valence-electron chi connectivity index (χ0n) is 11.4. The second kappa shape index (κ2) is 4.12. The standard InChI is InChI=1S/C16H17N3/c1-9-6-11(3)15-14(7-9)18-16(19-15)12-4-5-13(17)10(2)8-12/h4-8H,17H2,1-3H3,(H,18,19). The van der Waals surface area contributed by atoms with Gasteiger partial charge in [0.05, 0.1) is 11.0 Å². The lowest BCUT2D eigenvalue weighted by molar-refractivity contribution is 1.32. The summed E-state index contributed by atoms with van der Waals surface area (Å²) in [7, 11) is 0. The molecular weight excluding hydrogens is 234 g/mol. The lowest BCUT2D eigenvalue weighted by Gasteiger charge is -2.01. The normalized spacial score (nSPS) is 11.1. The number of hydrogen-bond donors (Lipinski definition) is 2. The van der Waals surface area contributed by atoms with Crippen molar-refractivity contribution in [3.8, 4) is 11.4 Å². The largest absolute Gasteiger partial charge is 0.399 e. The van der Waals surface area contributed by atoms with Gasteiger partial charge in [0.1, 0.15) is 5.82 Å². The van der Waals surface area contributed by atoms with Crippen LogP contribution in [-0.2, 0) is 0 Å². The van der Waals surface area contributed by atoms with Crippen LogP contribution < -0.4 is 5.73 Å². The number of aromatic amines is 1. The van der Waals surface area contributed by atoms with E-state index in [1.54, 1.807) is 0 Å². The van der Waals surface area contributed by atoms with Crippen molar-refractivity contribution in [1.29, 1.82) is 0 Å². The number of hydrogen-bond acceptors (Lipinski definition) is 2. The zero-order chi connectivity index (χ0) is 13.6. The molecule has 0 spiro atoms. The minimum Gasteiger partial charge on any atom is -0.399 e. The van der Waals surface area contributed by atoms with Gasteiger partial charge >= 0.3 is 0 Å². The molecule has 0 amide bonds. The number of anilines is 1. The van der Waals surface area contributed by atoms with E-state index in [1.165, 1.54) is 11.1 Å². The summed E-state index contributed by atoms with van der Waals surface area (Å²) in [6, 6.07) is 10.3. The highest BCUT2D eigenvalue weighted by Gasteiger charge is 2.08. The van der Waals surface area contributed by atoms with Crippen LogP contribution in [-0.4, -0.2) is 9.97 Å². The van der Waals surface area contributed by atoms with Gasteiger partial charge in [0.25, 0.3) is 0 Å². The number of nitrogens with one attached hydrogen (secondary N) is 1. The van der Waals surface area contributed by atoms with E-state index in [2.05, 4.69) is 37.0 Å². The number of benzene rings is 2. The van der Waals surface area contributed by atoms with Gasteiger partial charge < -0.3 is 10.7 Å². The number of fused-ring (bicyclic) bond motifs is 1. The molecule has 0 saturated heterocycles. The summed E-state index contributed by atoms with van der Waals surface area (Å²) in [5.74, 6) is 0.895. The molecule has 3 N–H and O–H groups in total. The molecule has 0 unspecified atom stereocenters. The summed E-state index contributed by atoms with van der Waals surface area (Å²) in [6.45, 7) is 6.20. The lowest BCUT2D eigenvalue weighted by atomic mass is 10.1. The third-order valence-corrected chi connectivity index (χ3v) is 3.46. The number of H-pyrrole nitrogens is 1. The average molecular weight is 251 g/mol. The summed E-state index contributed by atoms with van der Waals surface area (Å²) in [5.41, 5.74) is 13.4. The molecule has 0 radical (unpaired) electrons. The number of nitrogens with zero attached hydrogens (tertiary/aromatic N) is 1. The quantitative estimate of drug-likeness (QED) is 0.647. The molecule has 0 aliphatic heterocycles. The molecule has 3 nitrogen and oxygen atoms in total. The van der Waals surface area contributed by atoms with Gasteiger partial charge in [-0.2, -0.15) is 0 Å². The van der Waals surface area contributed by atoms with Crippen LogP contribution in [0.4, 0.5) is 5.69 Å². The predicted octanol–water partition coefficient (Wildman–Crippen LogP) is 3.74. The monoisotopic (exact) mass is 251 g/mol. The van der Waals surface area contributed by atoms with E-state index in [9.17, 15) is 0 Å². The average Bonchev–Trinajstić information content (AvgIpc) is 2.76. The third-order valence-electron chi connectivity index (χ3n) is 3.46. The van der Waals surface area contributed by atoms with E-state index in [0.717, 1.165) is 33.7 Å². The first kappa shape index (κ1) is 11.8. The second-order valence-corrected chi connectivity index (χ2v) is 5.13. The van der Waals surface area contributed by atoms with Crippen molar-refractivity contribution in [2.45, 2.75) is 20.8 Å². The zero-order valence-corrected chi connectivity index (χ0v) is 11.4. The Morgan fingerprint density at radius 3 is 2.53 bits per heavy atom. The van der Waals surface area contributed by atoms with Gasteiger partial charge in [0.2, 0.25) is 0 Å². The van der Waals surface area contributed by atoms with Crippen LogP contribution >= 0.6 is 0 Å². The van der Waals surface area contributed by atoms with E-state index >= 15 is 0 Å². The fourth-order valence-electron chi connectivity index (χ4n) is 2.43. The molecule has 19 heavy (non-hydrogen) atoms. The van der Waals surface area contributed by atoms with Gasteiger partial charge in [-0.3, -0.25) is 0 Å². The first-order chi connectivity index (χ1) is 9.04. The molecule has 2 aromatic carbocycles. The lowest BCUT2D eigenvalue weighted by Crippen LogP contribution is -1.90. The van der Waals surface area contributed by atoms with Crippen molar-refractivity contribution in [2.75, 3.05) is 5.73 Å². The van der Waals surface area contributed by atoms with E-state index in [1.807, 2.05) is 19.1 Å². The molecule has 3 rings (SSSR count). The number of nitrogens with two attached hydrogens (primary N) is 1. The number of aryl methyl sites for hydroxylation is 3. The summed E-state index contributed by atoms with van der Waals surface area (Å²) in [4.78, 5) is 8.09. The van der Waals surface area contributed by atoms with Gasteiger partial charge in [-0.05, 0) is 61.7 Å². The third kappa shape index (κ3) is 1.97. The van der Waals surface area contributed by atoms with Crippen molar-refractivity contribution < 1.29 is 0 Å². The molecule has 3 heteroatoms. The number of rotatable bonds is 1. The Hall–Kier alpha value is -2.29. The summed E-state index contributed by atoms with van der Waals surface area (Å²) >= 11 is 0. The Bertz CT molecular complexity index is 769. The van der Waals surface area contributed by atoms with Crippen LogP contribution in [0.3, 0.4) is 0 Å². The maximum absolute atomic E-state index is 5.86. The number of nitrogen functional groups attached to an aromatic ring is 1. The molecule has 0 saturated carbocycles. The van der Waals surface area contributed by atoms with Gasteiger partial charge in [-0.15, -0.1) is 0 Å². The first-order valence-corrected chi connectivity index (χ1v) is 6.38. The van der Waals surface area contributed by atoms with Crippen LogP contribution in [0.15, 0.2) is 30.3 Å². The van der Waals surface area contributed by atoms with E-state index in [4.69, 9.17) is 10.7 Å². The number of aromatic nitrogens is 2. The van der Waals surface area contributed by atoms with Gasteiger partial charge in [0, 0.05) is 11.3 Å². The van der Waals surface area contributed by atoms with Crippen LogP contribution in [0.25, 0.3) is 22.4 Å². The molecule has 3 aromatic rings. The van der Waals surface area contributed by atoms with Crippen LogP contribution in [0.2, 0.25) is 0 Å². The number of imidazole rings is 1. The Morgan fingerprint density at radius 2 is 1.79 bits per heavy atom. The molecule has 0 aliphatic rings. The fourth-order valence-corrected chi connectivity index (χ4v) is 2.43. The summed E-state index contributed by atoms with van der Waals surface area (Å²) in [5, 5.41) is 0. The van der Waals surface area contributed by atoms with Crippen LogP contribution in [0.5, 0.6) is 0 Å². The van der Waals surface area contributed by atoms with Crippen molar-refractivity contribution in [3.63, 3.8) is 0 Å². The van der Waals surface area contributed by atoms with Gasteiger partial charge in [0.15, 0.2) is 0 Å². The van der Waals surface area contributed by atoms with Crippen LogP contribution in [0, 0.1) is 20.8 Å². The Labute approximate surface area is 112 Å². The highest BCUT2D eigenvalue weighted by atomic mass is 14.9. The Morgan fingerprint density at radius 1 is 1.00 bits per heavy atom. The Balaban J connectivity index is 2.20. The van der Waals surface area contributed by atoms with E-state index in [0.29, 0.717) is 0 Å². The van der Waals surface area contributed by atoms with E-state index < -0.39 is 0 Å². The summed E-state index contributed by atoms with van der Waals surface area (Å²) in [6.07, 6.45) is 0. The fraction of sp³-hybridized carbons (Fsp3) is 0.188. The van der Waals surface area contributed by atoms with Crippen LogP contribution in [0.1, 0.15) is 16.7 Å². The van der Waals surface area contributed by atoms with E-state index in [-0.39, 0.29) is 0 Å². The summed E-state index contributed by atoms with van der Waals surface area (Å²) < 4.78 is 0. The first-order valence-electron chi connectivity index (χ1n) is 6.38. The smallest absolute Gasteiger partial charge is 0.138 e. The maximum atomic E-state index is 5.86.